The van der Waals surface area contributed by atoms with E-state index in [4.69, 9.17) is 4.74 Å². The SMILES string of the molecule is COc1c(Br)cc(Br)cc1CNc1cccnc1Br. The second-order valence-corrected chi connectivity index (χ2v) is 6.30. The number of anilines is 1. The van der Waals surface area contributed by atoms with Gasteiger partial charge in [-0.25, -0.2) is 4.98 Å². The number of methoxy groups -OCH3 is 1. The molecular weight excluding hydrogens is 440 g/mol. The molecule has 19 heavy (non-hydrogen) atoms. The van der Waals surface area contributed by atoms with Crippen LogP contribution < -0.4 is 10.1 Å². The zero-order valence-corrected chi connectivity index (χ0v) is 14.8. The molecule has 3 nitrogen and oxygen atoms in total. The van der Waals surface area contributed by atoms with Gasteiger partial charge < -0.3 is 10.1 Å². The van der Waals surface area contributed by atoms with E-state index in [1.54, 1.807) is 13.3 Å². The minimum absolute atomic E-state index is 0.644. The standard InChI is InChI=1S/C13H11Br3N2O/c1-19-12-8(5-9(14)6-10(12)15)7-18-11-3-2-4-17-13(11)16/h2-6,18H,7H2,1H3. The van der Waals surface area contributed by atoms with Crippen molar-refractivity contribution in [3.8, 4) is 5.75 Å². The lowest BCUT2D eigenvalue weighted by Crippen LogP contribution is -2.03. The van der Waals surface area contributed by atoms with Crippen LogP contribution >= 0.6 is 47.8 Å². The van der Waals surface area contributed by atoms with Gasteiger partial charge in [0.1, 0.15) is 10.4 Å². The number of hydrogen-bond acceptors (Lipinski definition) is 3. The molecule has 0 amide bonds. The van der Waals surface area contributed by atoms with Crippen LogP contribution in [0.2, 0.25) is 0 Å². The Bertz CT molecular complexity index is 590. The summed E-state index contributed by atoms with van der Waals surface area (Å²) < 4.78 is 8.13. The number of pyridine rings is 1. The maximum atomic E-state index is 5.41. The summed E-state index contributed by atoms with van der Waals surface area (Å²) in [4.78, 5) is 4.17. The molecule has 0 fully saturated rings. The van der Waals surface area contributed by atoms with Gasteiger partial charge in [0.15, 0.2) is 0 Å². The van der Waals surface area contributed by atoms with E-state index < -0.39 is 0 Å². The molecule has 0 aliphatic heterocycles. The number of nitrogens with one attached hydrogen (secondary N) is 1. The maximum Gasteiger partial charge on any atom is 0.138 e. The smallest absolute Gasteiger partial charge is 0.138 e. The lowest BCUT2D eigenvalue weighted by atomic mass is 10.2. The van der Waals surface area contributed by atoms with Crippen molar-refractivity contribution in [3.63, 3.8) is 0 Å². The first-order valence-corrected chi connectivity index (χ1v) is 7.86. The molecule has 0 bridgehead atoms. The molecule has 0 spiro atoms. The fraction of sp³-hybridized carbons (Fsp3) is 0.154. The Kier molecular flexibility index (Phi) is 5.24. The molecule has 1 aromatic carbocycles. The third kappa shape index (κ3) is 3.70. The maximum absolute atomic E-state index is 5.41. The first kappa shape index (κ1) is 14.8. The van der Waals surface area contributed by atoms with E-state index in [-0.39, 0.29) is 0 Å². The van der Waals surface area contributed by atoms with Crippen molar-refractivity contribution < 1.29 is 4.74 Å². The number of halogens is 3. The predicted molar refractivity (Wildman–Crippen MR) is 87.7 cm³/mol. The predicted octanol–water partition coefficient (Wildman–Crippen LogP) is 4.99. The molecule has 0 radical (unpaired) electrons. The van der Waals surface area contributed by atoms with E-state index in [1.807, 2.05) is 24.3 Å². The minimum atomic E-state index is 0.644. The lowest BCUT2D eigenvalue weighted by Gasteiger charge is -2.13. The van der Waals surface area contributed by atoms with Gasteiger partial charge in [-0.1, -0.05) is 15.9 Å². The molecule has 0 saturated carbocycles. The van der Waals surface area contributed by atoms with Crippen LogP contribution in [-0.2, 0) is 6.54 Å². The Balaban J connectivity index is 2.22. The second kappa shape index (κ2) is 6.72. The first-order chi connectivity index (χ1) is 9.11. The Morgan fingerprint density at radius 1 is 1.26 bits per heavy atom. The summed E-state index contributed by atoms with van der Waals surface area (Å²) in [5, 5.41) is 3.33. The average molecular weight is 451 g/mol. The monoisotopic (exact) mass is 448 g/mol. The molecule has 1 N–H and O–H groups in total. The number of nitrogens with zero attached hydrogens (tertiary/aromatic N) is 1. The van der Waals surface area contributed by atoms with Crippen LogP contribution in [0.3, 0.4) is 0 Å². The van der Waals surface area contributed by atoms with Gasteiger partial charge in [0, 0.05) is 22.8 Å². The van der Waals surface area contributed by atoms with Crippen molar-refractivity contribution in [2.24, 2.45) is 0 Å². The Hall–Kier alpha value is -0.590. The van der Waals surface area contributed by atoms with E-state index in [1.165, 1.54) is 0 Å². The highest BCUT2D eigenvalue weighted by Gasteiger charge is 2.09. The normalized spacial score (nSPS) is 10.3. The van der Waals surface area contributed by atoms with Gasteiger partial charge in [-0.05, 0) is 56.1 Å². The lowest BCUT2D eigenvalue weighted by molar-refractivity contribution is 0.407. The molecule has 0 saturated heterocycles. The molecule has 0 unspecified atom stereocenters. The van der Waals surface area contributed by atoms with Crippen molar-refractivity contribution in [1.29, 1.82) is 0 Å². The highest BCUT2D eigenvalue weighted by Crippen LogP contribution is 2.33. The summed E-state index contributed by atoms with van der Waals surface area (Å²) in [6.45, 7) is 0.644. The average Bonchev–Trinajstić information content (AvgIpc) is 2.37. The van der Waals surface area contributed by atoms with Gasteiger partial charge in [0.25, 0.3) is 0 Å². The number of aromatic nitrogens is 1. The van der Waals surface area contributed by atoms with Crippen molar-refractivity contribution in [2.45, 2.75) is 6.54 Å². The van der Waals surface area contributed by atoms with Crippen molar-refractivity contribution in [3.05, 3.63) is 49.6 Å². The van der Waals surface area contributed by atoms with Gasteiger partial charge >= 0.3 is 0 Å². The Morgan fingerprint density at radius 3 is 2.74 bits per heavy atom. The summed E-state index contributed by atoms with van der Waals surface area (Å²) in [7, 11) is 1.66. The van der Waals surface area contributed by atoms with Crippen LogP contribution in [0.4, 0.5) is 5.69 Å². The van der Waals surface area contributed by atoms with Crippen LogP contribution in [0, 0.1) is 0 Å². The van der Waals surface area contributed by atoms with Gasteiger partial charge in [-0.3, -0.25) is 0 Å². The highest BCUT2D eigenvalue weighted by atomic mass is 79.9. The molecule has 6 heteroatoms. The molecule has 0 aliphatic rings. The Morgan fingerprint density at radius 2 is 2.05 bits per heavy atom. The highest BCUT2D eigenvalue weighted by molar-refractivity contribution is 9.11. The van der Waals surface area contributed by atoms with Gasteiger partial charge in [-0.15, -0.1) is 0 Å². The van der Waals surface area contributed by atoms with Gasteiger partial charge in [0.2, 0.25) is 0 Å². The molecule has 0 aliphatic carbocycles. The van der Waals surface area contributed by atoms with Gasteiger partial charge in [0.05, 0.1) is 17.3 Å². The molecular formula is C13H11Br3N2O. The molecule has 100 valence electrons. The topological polar surface area (TPSA) is 34.1 Å². The molecule has 0 atom stereocenters. The van der Waals surface area contributed by atoms with Crippen LogP contribution in [0.25, 0.3) is 0 Å². The van der Waals surface area contributed by atoms with E-state index in [0.717, 1.165) is 30.5 Å². The largest absolute Gasteiger partial charge is 0.495 e. The third-order valence-corrected chi connectivity index (χ3v) is 4.20. The van der Waals surface area contributed by atoms with Crippen molar-refractivity contribution in [2.75, 3.05) is 12.4 Å². The second-order valence-electron chi connectivity index (χ2n) is 3.78. The van der Waals surface area contributed by atoms with Crippen LogP contribution in [-0.4, -0.2) is 12.1 Å². The van der Waals surface area contributed by atoms with E-state index >= 15 is 0 Å². The zero-order chi connectivity index (χ0) is 13.8. The van der Waals surface area contributed by atoms with E-state index in [0.29, 0.717) is 6.54 Å². The zero-order valence-electron chi connectivity index (χ0n) is 10.1. The van der Waals surface area contributed by atoms with Crippen molar-refractivity contribution in [1.82, 2.24) is 4.98 Å². The quantitative estimate of drug-likeness (QED) is 0.666. The summed E-state index contributed by atoms with van der Waals surface area (Å²) in [5.41, 5.74) is 2.00. The third-order valence-electron chi connectivity index (χ3n) is 2.52. The van der Waals surface area contributed by atoms with Gasteiger partial charge in [-0.2, -0.15) is 0 Å². The molecule has 1 heterocycles. The fourth-order valence-electron chi connectivity index (χ4n) is 1.68. The number of benzene rings is 1. The van der Waals surface area contributed by atoms with Crippen LogP contribution in [0.1, 0.15) is 5.56 Å². The summed E-state index contributed by atoms with van der Waals surface area (Å²) >= 11 is 10.4. The first-order valence-electron chi connectivity index (χ1n) is 5.48. The fourth-order valence-corrected chi connectivity index (χ4v) is 3.55. The summed E-state index contributed by atoms with van der Waals surface area (Å²) in [6, 6.07) is 7.85. The van der Waals surface area contributed by atoms with E-state index in [2.05, 4.69) is 58.1 Å². The Labute approximate surface area is 137 Å². The van der Waals surface area contributed by atoms with Crippen molar-refractivity contribution >= 4 is 53.5 Å². The van der Waals surface area contributed by atoms with Crippen LogP contribution in [0.15, 0.2) is 44.0 Å². The molecule has 2 rings (SSSR count). The minimum Gasteiger partial charge on any atom is -0.495 e. The number of rotatable bonds is 4. The van der Waals surface area contributed by atoms with E-state index in [9.17, 15) is 0 Å². The summed E-state index contributed by atoms with van der Waals surface area (Å²) in [5.74, 6) is 0.829. The molecule has 2 aromatic rings. The number of hydrogen-bond donors (Lipinski definition) is 1. The number of ether oxygens (including phenoxy) is 1. The van der Waals surface area contributed by atoms with Crippen LogP contribution in [0.5, 0.6) is 5.75 Å². The summed E-state index contributed by atoms with van der Waals surface area (Å²) in [6.07, 6.45) is 1.74. The molecule has 1 aromatic heterocycles.